The Balaban J connectivity index is 2.70. The molecule has 1 heterocycles. The van der Waals surface area contributed by atoms with Crippen molar-refractivity contribution in [1.82, 2.24) is 20.1 Å². The minimum atomic E-state index is -0.411. The normalized spacial score (nSPS) is 14.6. The van der Waals surface area contributed by atoms with Crippen molar-refractivity contribution in [2.45, 2.75) is 25.9 Å². The van der Waals surface area contributed by atoms with E-state index in [1.165, 1.54) is 6.33 Å². The van der Waals surface area contributed by atoms with E-state index >= 15 is 0 Å². The molecule has 1 aromatic heterocycles. The summed E-state index contributed by atoms with van der Waals surface area (Å²) in [6, 6.07) is -0.539. The van der Waals surface area contributed by atoms with Crippen LogP contribution in [0.2, 0.25) is 0 Å². The summed E-state index contributed by atoms with van der Waals surface area (Å²) in [5.41, 5.74) is 0. The fourth-order valence-electron chi connectivity index (χ4n) is 1.37. The maximum atomic E-state index is 11.6. The molecule has 0 fully saturated rings. The monoisotopic (exact) mass is 212 g/mol. The van der Waals surface area contributed by atoms with E-state index in [0.29, 0.717) is 6.61 Å². The highest BCUT2D eigenvalue weighted by Crippen LogP contribution is 2.09. The van der Waals surface area contributed by atoms with Crippen LogP contribution in [0.15, 0.2) is 12.7 Å². The van der Waals surface area contributed by atoms with Gasteiger partial charge in [0.1, 0.15) is 18.7 Å². The molecule has 0 spiro atoms. The number of aromatic nitrogens is 3. The first-order valence-electron chi connectivity index (χ1n) is 4.88. The van der Waals surface area contributed by atoms with Crippen LogP contribution in [0.5, 0.6) is 0 Å². The summed E-state index contributed by atoms with van der Waals surface area (Å²) >= 11 is 0. The minimum absolute atomic E-state index is 0.128. The van der Waals surface area contributed by atoms with E-state index in [-0.39, 0.29) is 12.0 Å². The van der Waals surface area contributed by atoms with Gasteiger partial charge in [0.25, 0.3) is 0 Å². The van der Waals surface area contributed by atoms with Crippen LogP contribution in [0.1, 0.15) is 19.9 Å². The summed E-state index contributed by atoms with van der Waals surface area (Å²) in [4.78, 5) is 15.4. The molecule has 0 radical (unpaired) electrons. The van der Waals surface area contributed by atoms with Crippen LogP contribution in [-0.4, -0.2) is 40.4 Å². The third-order valence-electron chi connectivity index (χ3n) is 2.19. The summed E-state index contributed by atoms with van der Waals surface area (Å²) in [7, 11) is 1.72. The second-order valence-corrected chi connectivity index (χ2v) is 3.13. The van der Waals surface area contributed by atoms with Crippen LogP contribution in [0.4, 0.5) is 0 Å². The standard InChI is InChI=1S/C9H16N4O2/c1-4-15-9(14)8(10-3)7(2)13-6-11-5-12-13/h5-8,10H,4H2,1-3H3. The molecular weight excluding hydrogens is 196 g/mol. The van der Waals surface area contributed by atoms with E-state index in [4.69, 9.17) is 4.74 Å². The molecule has 6 nitrogen and oxygen atoms in total. The Morgan fingerprint density at radius 2 is 2.40 bits per heavy atom. The summed E-state index contributed by atoms with van der Waals surface area (Å²) in [5.74, 6) is -0.275. The van der Waals surface area contributed by atoms with Crippen molar-refractivity contribution in [3.05, 3.63) is 12.7 Å². The van der Waals surface area contributed by atoms with Gasteiger partial charge in [-0.05, 0) is 20.9 Å². The molecule has 0 bridgehead atoms. The quantitative estimate of drug-likeness (QED) is 0.695. The number of hydrogen-bond donors (Lipinski definition) is 1. The van der Waals surface area contributed by atoms with Gasteiger partial charge in [-0.3, -0.25) is 4.79 Å². The lowest BCUT2D eigenvalue weighted by atomic mass is 10.1. The van der Waals surface area contributed by atoms with Gasteiger partial charge in [0.2, 0.25) is 0 Å². The highest BCUT2D eigenvalue weighted by atomic mass is 16.5. The van der Waals surface area contributed by atoms with E-state index < -0.39 is 6.04 Å². The second-order valence-electron chi connectivity index (χ2n) is 3.13. The van der Waals surface area contributed by atoms with E-state index in [2.05, 4.69) is 15.4 Å². The van der Waals surface area contributed by atoms with Gasteiger partial charge in [-0.25, -0.2) is 9.67 Å². The molecule has 84 valence electrons. The van der Waals surface area contributed by atoms with Crippen LogP contribution in [0.3, 0.4) is 0 Å². The van der Waals surface area contributed by atoms with Gasteiger partial charge in [0, 0.05) is 0 Å². The molecular formula is C9H16N4O2. The van der Waals surface area contributed by atoms with Gasteiger partial charge < -0.3 is 10.1 Å². The zero-order chi connectivity index (χ0) is 11.3. The van der Waals surface area contributed by atoms with Crippen molar-refractivity contribution in [2.75, 3.05) is 13.7 Å². The predicted molar refractivity (Wildman–Crippen MR) is 54.2 cm³/mol. The first-order chi connectivity index (χ1) is 7.20. The highest BCUT2D eigenvalue weighted by molar-refractivity contribution is 5.76. The SMILES string of the molecule is CCOC(=O)C(NC)C(C)n1cncn1. The zero-order valence-electron chi connectivity index (χ0n) is 9.17. The summed E-state index contributed by atoms with van der Waals surface area (Å²) < 4.78 is 6.57. The zero-order valence-corrected chi connectivity index (χ0v) is 9.17. The number of carbonyl (C=O) groups excluding carboxylic acids is 1. The third-order valence-corrected chi connectivity index (χ3v) is 2.19. The van der Waals surface area contributed by atoms with Gasteiger partial charge in [-0.15, -0.1) is 0 Å². The van der Waals surface area contributed by atoms with Crippen LogP contribution in [0, 0.1) is 0 Å². The molecule has 0 saturated heterocycles. The average molecular weight is 212 g/mol. The molecule has 0 amide bonds. The number of rotatable bonds is 5. The molecule has 0 aliphatic carbocycles. The van der Waals surface area contributed by atoms with E-state index in [1.54, 1.807) is 25.0 Å². The van der Waals surface area contributed by atoms with Crippen LogP contribution < -0.4 is 5.32 Å². The Bertz CT molecular complexity index is 299. The summed E-state index contributed by atoms with van der Waals surface area (Å²) in [5, 5.41) is 6.90. The highest BCUT2D eigenvalue weighted by Gasteiger charge is 2.26. The number of nitrogens with zero attached hydrogens (tertiary/aromatic N) is 3. The predicted octanol–water partition coefficient (Wildman–Crippen LogP) is -0.00980. The average Bonchev–Trinajstić information content (AvgIpc) is 2.71. The number of ether oxygens (including phenoxy) is 1. The van der Waals surface area contributed by atoms with Crippen molar-refractivity contribution < 1.29 is 9.53 Å². The summed E-state index contributed by atoms with van der Waals surface area (Å²) in [6.07, 6.45) is 3.02. The number of esters is 1. The molecule has 0 saturated carbocycles. The topological polar surface area (TPSA) is 69.0 Å². The van der Waals surface area contributed by atoms with E-state index in [0.717, 1.165) is 0 Å². The first kappa shape index (κ1) is 11.6. The molecule has 1 aromatic rings. The molecule has 0 aliphatic heterocycles. The molecule has 6 heteroatoms. The van der Waals surface area contributed by atoms with Crippen LogP contribution in [0.25, 0.3) is 0 Å². The Morgan fingerprint density at radius 1 is 1.67 bits per heavy atom. The van der Waals surface area contributed by atoms with Crippen molar-refractivity contribution in [3.63, 3.8) is 0 Å². The number of likely N-dealkylation sites (N-methyl/N-ethyl adjacent to an activating group) is 1. The lowest BCUT2D eigenvalue weighted by molar-refractivity contribution is -0.146. The first-order valence-corrected chi connectivity index (χ1v) is 4.88. The van der Waals surface area contributed by atoms with Gasteiger partial charge >= 0.3 is 5.97 Å². The number of hydrogen-bond acceptors (Lipinski definition) is 5. The lowest BCUT2D eigenvalue weighted by Gasteiger charge is -2.21. The fraction of sp³-hybridized carbons (Fsp3) is 0.667. The molecule has 1 N–H and O–H groups in total. The Hall–Kier alpha value is -1.43. The molecule has 2 unspecified atom stereocenters. The van der Waals surface area contributed by atoms with Crippen molar-refractivity contribution >= 4 is 5.97 Å². The third kappa shape index (κ3) is 2.76. The smallest absolute Gasteiger partial charge is 0.325 e. The van der Waals surface area contributed by atoms with Gasteiger partial charge in [-0.1, -0.05) is 0 Å². The Labute approximate surface area is 88.6 Å². The number of carbonyl (C=O) groups is 1. The Morgan fingerprint density at radius 3 is 2.87 bits per heavy atom. The van der Waals surface area contributed by atoms with Crippen LogP contribution in [-0.2, 0) is 9.53 Å². The minimum Gasteiger partial charge on any atom is -0.465 e. The molecule has 15 heavy (non-hydrogen) atoms. The fourth-order valence-corrected chi connectivity index (χ4v) is 1.37. The van der Waals surface area contributed by atoms with Crippen molar-refractivity contribution in [3.8, 4) is 0 Å². The lowest BCUT2D eigenvalue weighted by Crippen LogP contribution is -2.42. The van der Waals surface area contributed by atoms with Crippen LogP contribution >= 0.6 is 0 Å². The van der Waals surface area contributed by atoms with Gasteiger partial charge in [0.05, 0.1) is 12.6 Å². The Kier molecular flexibility index (Phi) is 4.23. The van der Waals surface area contributed by atoms with Crippen molar-refractivity contribution in [2.24, 2.45) is 0 Å². The maximum absolute atomic E-state index is 11.6. The van der Waals surface area contributed by atoms with E-state index in [9.17, 15) is 4.79 Å². The number of nitrogens with one attached hydrogen (secondary N) is 1. The molecule has 0 aliphatic rings. The second kappa shape index (κ2) is 5.45. The van der Waals surface area contributed by atoms with Gasteiger partial charge in [0.15, 0.2) is 0 Å². The molecule has 2 atom stereocenters. The van der Waals surface area contributed by atoms with Gasteiger partial charge in [-0.2, -0.15) is 5.10 Å². The molecule has 0 aromatic carbocycles. The maximum Gasteiger partial charge on any atom is 0.325 e. The van der Waals surface area contributed by atoms with Crippen molar-refractivity contribution in [1.29, 1.82) is 0 Å². The largest absolute Gasteiger partial charge is 0.465 e. The van der Waals surface area contributed by atoms with E-state index in [1.807, 2.05) is 6.92 Å². The summed E-state index contributed by atoms with van der Waals surface area (Å²) in [6.45, 7) is 4.04. The molecule has 1 rings (SSSR count).